The third-order valence-electron chi connectivity index (χ3n) is 4.47. The van der Waals surface area contributed by atoms with Crippen LogP contribution in [-0.4, -0.2) is 24.7 Å². The second kappa shape index (κ2) is 7.06. The van der Waals surface area contributed by atoms with Gasteiger partial charge in [-0.2, -0.15) is 5.26 Å². The van der Waals surface area contributed by atoms with Crippen LogP contribution in [0.4, 0.5) is 13.8 Å². The molecule has 2 aromatic heterocycles. The molecule has 3 aromatic rings. The highest BCUT2D eigenvalue weighted by atomic mass is 32.1. The molecule has 1 aliphatic heterocycles. The Balaban J connectivity index is 1.61. The molecule has 0 amide bonds. The normalized spacial score (nSPS) is 14.4. The van der Waals surface area contributed by atoms with Crippen molar-refractivity contribution in [1.29, 1.82) is 5.26 Å². The summed E-state index contributed by atoms with van der Waals surface area (Å²) in [6.45, 7) is 1.74. The van der Waals surface area contributed by atoms with Gasteiger partial charge in [-0.25, -0.2) is 13.8 Å². The fourth-order valence-electron chi connectivity index (χ4n) is 3.10. The van der Waals surface area contributed by atoms with Gasteiger partial charge in [-0.1, -0.05) is 0 Å². The molecule has 0 atom stereocenters. The zero-order chi connectivity index (χ0) is 19.0. The van der Waals surface area contributed by atoms with Gasteiger partial charge in [-0.05, 0) is 43.3 Å². The number of aliphatic imine (C=N–C) groups is 1. The van der Waals surface area contributed by atoms with Gasteiger partial charge in [0.15, 0.2) is 0 Å². The summed E-state index contributed by atoms with van der Waals surface area (Å²) >= 11 is 1.51. The van der Waals surface area contributed by atoms with E-state index in [0.717, 1.165) is 31.1 Å². The van der Waals surface area contributed by atoms with Crippen molar-refractivity contribution < 1.29 is 13.2 Å². The highest BCUT2D eigenvalue weighted by Crippen LogP contribution is 2.38. The lowest BCUT2D eigenvalue weighted by molar-refractivity contribution is 0.317. The molecule has 0 spiro atoms. The molecule has 0 unspecified atom stereocenters. The van der Waals surface area contributed by atoms with Crippen LogP contribution in [0.3, 0.4) is 0 Å². The lowest BCUT2D eigenvalue weighted by atomic mass is 10.0. The van der Waals surface area contributed by atoms with E-state index in [0.29, 0.717) is 22.1 Å². The predicted octanol–water partition coefficient (Wildman–Crippen LogP) is 4.90. The Morgan fingerprint density at radius 3 is 2.93 bits per heavy atom. The summed E-state index contributed by atoms with van der Waals surface area (Å²) in [5, 5.41) is 10.2. The molecule has 7 heteroatoms. The van der Waals surface area contributed by atoms with Gasteiger partial charge in [0, 0.05) is 24.0 Å². The van der Waals surface area contributed by atoms with Crippen LogP contribution < -0.4 is 0 Å². The van der Waals surface area contributed by atoms with Crippen molar-refractivity contribution in [2.45, 2.75) is 13.0 Å². The van der Waals surface area contributed by atoms with Crippen LogP contribution in [0.5, 0.6) is 0 Å². The van der Waals surface area contributed by atoms with Gasteiger partial charge in [0.05, 0.1) is 17.3 Å². The molecule has 0 bridgehead atoms. The summed E-state index contributed by atoms with van der Waals surface area (Å²) in [7, 11) is 2.05. The van der Waals surface area contributed by atoms with Gasteiger partial charge in [0.2, 0.25) is 0 Å². The number of benzene rings is 1. The molecule has 0 radical (unpaired) electrons. The Hall–Kier alpha value is -2.82. The quantitative estimate of drug-likeness (QED) is 0.605. The average Bonchev–Trinajstić information content (AvgIpc) is 3.23. The summed E-state index contributed by atoms with van der Waals surface area (Å²) in [4.78, 5) is 7.81. The van der Waals surface area contributed by atoms with Gasteiger partial charge in [-0.15, -0.1) is 11.3 Å². The third-order valence-corrected chi connectivity index (χ3v) is 5.60. The van der Waals surface area contributed by atoms with E-state index in [1.54, 1.807) is 12.1 Å². The molecule has 3 heterocycles. The molecule has 4 rings (SSSR count). The lowest BCUT2D eigenvalue weighted by Gasteiger charge is -2.21. The standard InChI is InChI=1S/C20H15F2N3OS/c1-25-7-6-14-16(9-23)20(27-19(14)11-25)24-10-13-3-5-18(26-13)15-4-2-12(21)8-17(15)22/h2-5,8,10H,6-7,11H2,1H3. The Bertz CT molecular complexity index is 1080. The molecule has 0 saturated heterocycles. The number of furan rings is 1. The van der Waals surface area contributed by atoms with Crippen molar-refractivity contribution in [3.8, 4) is 17.4 Å². The lowest BCUT2D eigenvalue weighted by Crippen LogP contribution is -2.25. The summed E-state index contributed by atoms with van der Waals surface area (Å²) < 4.78 is 32.5. The highest BCUT2D eigenvalue weighted by Gasteiger charge is 2.22. The summed E-state index contributed by atoms with van der Waals surface area (Å²) in [6.07, 6.45) is 2.36. The second-order valence-electron chi connectivity index (χ2n) is 6.37. The Morgan fingerprint density at radius 2 is 2.15 bits per heavy atom. The molecule has 1 aromatic carbocycles. The SMILES string of the molecule is CN1CCc2c(sc(N=Cc3ccc(-c4ccc(F)cc4F)o3)c2C#N)C1. The third kappa shape index (κ3) is 3.42. The molecular weight excluding hydrogens is 368 g/mol. The number of rotatable bonds is 3. The maximum absolute atomic E-state index is 13.9. The van der Waals surface area contributed by atoms with Crippen LogP contribution >= 0.6 is 11.3 Å². The Morgan fingerprint density at radius 1 is 1.30 bits per heavy atom. The van der Waals surface area contributed by atoms with Gasteiger partial charge < -0.3 is 9.32 Å². The largest absolute Gasteiger partial charge is 0.455 e. The number of thiophene rings is 1. The van der Waals surface area contributed by atoms with E-state index < -0.39 is 11.6 Å². The van der Waals surface area contributed by atoms with E-state index in [2.05, 4.69) is 23.0 Å². The molecule has 0 aliphatic carbocycles. The fraction of sp³-hybridized carbons (Fsp3) is 0.200. The van der Waals surface area contributed by atoms with Gasteiger partial charge in [0.1, 0.15) is 34.2 Å². The van der Waals surface area contributed by atoms with Crippen LogP contribution in [0.1, 0.15) is 21.8 Å². The second-order valence-corrected chi connectivity index (χ2v) is 7.45. The van der Waals surface area contributed by atoms with Crippen LogP contribution in [0.2, 0.25) is 0 Å². The van der Waals surface area contributed by atoms with Gasteiger partial charge >= 0.3 is 0 Å². The first-order valence-corrected chi connectivity index (χ1v) is 9.19. The molecule has 27 heavy (non-hydrogen) atoms. The first-order chi connectivity index (χ1) is 13.0. The zero-order valence-electron chi connectivity index (χ0n) is 14.5. The van der Waals surface area contributed by atoms with Crippen molar-refractivity contribution in [2.24, 2.45) is 4.99 Å². The fourth-order valence-corrected chi connectivity index (χ4v) is 4.32. The molecule has 0 N–H and O–H groups in total. The summed E-state index contributed by atoms with van der Waals surface area (Å²) in [5.74, 6) is -0.599. The van der Waals surface area contributed by atoms with E-state index in [1.807, 2.05) is 0 Å². The topological polar surface area (TPSA) is 52.5 Å². The Kier molecular flexibility index (Phi) is 4.60. The van der Waals surface area contributed by atoms with Gasteiger partial charge in [0.25, 0.3) is 0 Å². The van der Waals surface area contributed by atoms with Crippen LogP contribution in [-0.2, 0) is 13.0 Å². The van der Waals surface area contributed by atoms with Gasteiger partial charge in [-0.3, -0.25) is 0 Å². The smallest absolute Gasteiger partial charge is 0.145 e. The van der Waals surface area contributed by atoms with Crippen molar-refractivity contribution in [1.82, 2.24) is 4.90 Å². The van der Waals surface area contributed by atoms with Crippen molar-refractivity contribution >= 4 is 22.6 Å². The molecular formula is C20H15F2N3OS. The van der Waals surface area contributed by atoms with E-state index in [-0.39, 0.29) is 5.56 Å². The summed E-state index contributed by atoms with van der Waals surface area (Å²) in [6, 6.07) is 8.87. The minimum Gasteiger partial charge on any atom is -0.455 e. The van der Waals surface area contributed by atoms with Crippen LogP contribution in [0, 0.1) is 23.0 Å². The van der Waals surface area contributed by atoms with Crippen molar-refractivity contribution in [3.63, 3.8) is 0 Å². The van der Waals surface area contributed by atoms with Crippen molar-refractivity contribution in [2.75, 3.05) is 13.6 Å². The molecule has 4 nitrogen and oxygen atoms in total. The predicted molar refractivity (Wildman–Crippen MR) is 100 cm³/mol. The number of nitriles is 1. The number of fused-ring (bicyclic) bond motifs is 1. The monoisotopic (exact) mass is 383 g/mol. The van der Waals surface area contributed by atoms with Crippen LogP contribution in [0.15, 0.2) is 39.7 Å². The number of hydrogen-bond donors (Lipinski definition) is 0. The van der Waals surface area contributed by atoms with E-state index in [1.165, 1.54) is 34.6 Å². The minimum absolute atomic E-state index is 0.184. The number of nitrogens with zero attached hydrogens (tertiary/aromatic N) is 3. The molecule has 0 fully saturated rings. The molecule has 0 saturated carbocycles. The van der Waals surface area contributed by atoms with Crippen LogP contribution in [0.25, 0.3) is 11.3 Å². The minimum atomic E-state index is -0.686. The first-order valence-electron chi connectivity index (χ1n) is 8.37. The summed E-state index contributed by atoms with van der Waals surface area (Å²) in [5.41, 5.74) is 1.89. The van der Waals surface area contributed by atoms with E-state index in [4.69, 9.17) is 4.42 Å². The van der Waals surface area contributed by atoms with Crippen molar-refractivity contribution in [3.05, 3.63) is 63.7 Å². The maximum Gasteiger partial charge on any atom is 0.145 e. The molecule has 1 aliphatic rings. The van der Waals surface area contributed by atoms with E-state index in [9.17, 15) is 14.0 Å². The number of likely N-dealkylation sites (N-methyl/N-ethyl adjacent to an activating group) is 1. The first kappa shape index (κ1) is 17.6. The number of halogens is 2. The zero-order valence-corrected chi connectivity index (χ0v) is 15.3. The highest BCUT2D eigenvalue weighted by molar-refractivity contribution is 7.16. The Labute approximate surface area is 159 Å². The average molecular weight is 383 g/mol. The molecule has 136 valence electrons. The number of hydrogen-bond acceptors (Lipinski definition) is 5. The maximum atomic E-state index is 13.9. The van der Waals surface area contributed by atoms with E-state index >= 15 is 0 Å².